The van der Waals surface area contributed by atoms with Gasteiger partial charge in [-0.15, -0.1) is 0 Å². The third-order valence-electron chi connectivity index (χ3n) is 6.42. The van der Waals surface area contributed by atoms with Gasteiger partial charge in [-0.05, 0) is 69.0 Å². The number of ether oxygens (including phenoxy) is 3. The molecule has 33 heavy (non-hydrogen) atoms. The lowest BCUT2D eigenvalue weighted by Crippen LogP contribution is -2.42. The molecule has 0 radical (unpaired) electrons. The molecule has 0 unspecified atom stereocenters. The van der Waals surface area contributed by atoms with Crippen molar-refractivity contribution in [3.8, 4) is 11.5 Å². The molecular weight excluding hydrogens is 418 g/mol. The topological polar surface area (TPSA) is 73.9 Å². The van der Waals surface area contributed by atoms with E-state index in [1.54, 1.807) is 32.2 Å². The molecule has 2 aromatic rings. The second-order valence-electron chi connectivity index (χ2n) is 8.59. The first kappa shape index (κ1) is 24.6. The minimum atomic E-state index is -0.611. The van der Waals surface area contributed by atoms with Crippen molar-refractivity contribution in [3.63, 3.8) is 0 Å². The summed E-state index contributed by atoms with van der Waals surface area (Å²) in [5, 5.41) is 3.08. The minimum absolute atomic E-state index is 0.0424. The fraction of sp³-hybridized carbons (Fsp3) is 0.481. The number of benzene rings is 2. The first-order chi connectivity index (χ1) is 15.9. The van der Waals surface area contributed by atoms with E-state index in [0.717, 1.165) is 49.8 Å². The average Bonchev–Trinajstić information content (AvgIpc) is 2.85. The van der Waals surface area contributed by atoms with Crippen LogP contribution in [0.15, 0.2) is 42.5 Å². The van der Waals surface area contributed by atoms with E-state index in [9.17, 15) is 9.59 Å². The highest BCUT2D eigenvalue weighted by molar-refractivity contribution is 6.01. The predicted octanol–water partition coefficient (Wildman–Crippen LogP) is 5.89. The summed E-state index contributed by atoms with van der Waals surface area (Å²) in [6, 6.07) is 12.9. The van der Waals surface area contributed by atoms with Crippen molar-refractivity contribution in [1.82, 2.24) is 0 Å². The third-order valence-corrected chi connectivity index (χ3v) is 6.42. The van der Waals surface area contributed by atoms with Crippen molar-refractivity contribution >= 4 is 17.6 Å². The summed E-state index contributed by atoms with van der Waals surface area (Å²) in [6.45, 7) is 6.00. The number of hydrogen-bond acceptors (Lipinski definition) is 5. The van der Waals surface area contributed by atoms with Gasteiger partial charge >= 0.3 is 5.97 Å². The number of esters is 1. The molecule has 0 spiro atoms. The van der Waals surface area contributed by atoms with E-state index in [0.29, 0.717) is 17.0 Å². The summed E-state index contributed by atoms with van der Waals surface area (Å²) in [6.07, 6.45) is 5.45. The zero-order chi connectivity index (χ0) is 23.8. The maximum absolute atomic E-state index is 13.7. The van der Waals surface area contributed by atoms with Crippen LogP contribution in [0.4, 0.5) is 5.69 Å². The molecule has 0 aliphatic heterocycles. The van der Waals surface area contributed by atoms with Gasteiger partial charge in [-0.1, -0.05) is 38.3 Å². The number of nitrogens with one attached hydrogen (secondary N) is 1. The molecule has 6 nitrogen and oxygen atoms in total. The number of carbonyl (C=O) groups excluding carboxylic acids is 2. The Hall–Kier alpha value is -3.02. The van der Waals surface area contributed by atoms with Crippen LogP contribution >= 0.6 is 0 Å². The number of anilines is 1. The van der Waals surface area contributed by atoms with Crippen molar-refractivity contribution in [2.45, 2.75) is 70.8 Å². The fourth-order valence-electron chi connectivity index (χ4n) is 4.34. The van der Waals surface area contributed by atoms with E-state index in [1.807, 2.05) is 38.1 Å². The van der Waals surface area contributed by atoms with Crippen LogP contribution in [0.3, 0.4) is 0 Å². The quantitative estimate of drug-likeness (QED) is 0.479. The molecule has 1 aliphatic carbocycles. The molecule has 178 valence electrons. The van der Waals surface area contributed by atoms with E-state index < -0.39 is 11.4 Å². The molecule has 0 saturated heterocycles. The smallest absolute Gasteiger partial charge is 0.341 e. The zero-order valence-corrected chi connectivity index (χ0v) is 20.1. The number of hydrogen-bond donors (Lipinski definition) is 1. The lowest BCUT2D eigenvalue weighted by atomic mass is 9.68. The minimum Gasteiger partial charge on any atom is -0.497 e. The Labute approximate surface area is 196 Å². The van der Waals surface area contributed by atoms with Gasteiger partial charge in [-0.3, -0.25) is 4.79 Å². The van der Waals surface area contributed by atoms with Crippen molar-refractivity contribution in [1.29, 1.82) is 0 Å². The van der Waals surface area contributed by atoms with Crippen LogP contribution in [0.2, 0.25) is 0 Å². The summed E-state index contributed by atoms with van der Waals surface area (Å²) < 4.78 is 16.4. The van der Waals surface area contributed by atoms with Crippen molar-refractivity contribution in [2.75, 3.05) is 19.0 Å². The second-order valence-corrected chi connectivity index (χ2v) is 8.59. The molecule has 1 aliphatic rings. The summed E-state index contributed by atoms with van der Waals surface area (Å²) >= 11 is 0. The lowest BCUT2D eigenvalue weighted by Gasteiger charge is -2.36. The van der Waals surface area contributed by atoms with E-state index in [1.165, 1.54) is 0 Å². The molecule has 1 fully saturated rings. The predicted molar refractivity (Wildman–Crippen MR) is 129 cm³/mol. The normalized spacial score (nSPS) is 15.9. The van der Waals surface area contributed by atoms with E-state index in [2.05, 4.69) is 5.32 Å². The molecule has 1 atom stereocenters. The zero-order valence-electron chi connectivity index (χ0n) is 20.1. The van der Waals surface area contributed by atoms with Gasteiger partial charge in [-0.25, -0.2) is 4.79 Å². The Kier molecular flexibility index (Phi) is 8.37. The number of carbonyl (C=O) groups is 2. The molecule has 6 heteroatoms. The fourth-order valence-corrected chi connectivity index (χ4v) is 4.34. The molecule has 1 N–H and O–H groups in total. The molecule has 0 heterocycles. The van der Waals surface area contributed by atoms with Gasteiger partial charge in [0.15, 0.2) is 0 Å². The van der Waals surface area contributed by atoms with Gasteiger partial charge in [0.1, 0.15) is 17.1 Å². The number of rotatable bonds is 9. The molecule has 3 rings (SSSR count). The SMILES string of the molecule is CCOC(=O)c1cc(NC(=O)C2(c3ccc(OC)cc3)CCCCC2)ccc1O[C@@H](C)CC. The van der Waals surface area contributed by atoms with Crippen LogP contribution in [0.25, 0.3) is 0 Å². The van der Waals surface area contributed by atoms with E-state index >= 15 is 0 Å². The van der Waals surface area contributed by atoms with E-state index in [-0.39, 0.29) is 18.6 Å². The Morgan fingerprint density at radius 1 is 1.03 bits per heavy atom. The Morgan fingerprint density at radius 2 is 1.73 bits per heavy atom. The van der Waals surface area contributed by atoms with Gasteiger partial charge in [0.05, 0.1) is 25.2 Å². The standard InChI is InChI=1S/C27H35NO5/c1-5-19(3)33-24-15-12-21(18-23(24)25(29)32-6-2)28-26(30)27(16-8-7-9-17-27)20-10-13-22(31-4)14-11-20/h10-15,18-19H,5-9,16-17H2,1-4H3,(H,28,30)/t19-/m0/s1. The van der Waals surface area contributed by atoms with Gasteiger partial charge < -0.3 is 19.5 Å². The highest BCUT2D eigenvalue weighted by Crippen LogP contribution is 2.41. The Bertz CT molecular complexity index is 947. The third kappa shape index (κ3) is 5.67. The van der Waals surface area contributed by atoms with E-state index in [4.69, 9.17) is 14.2 Å². The second kappa shape index (κ2) is 11.2. The molecule has 1 amide bonds. The first-order valence-electron chi connectivity index (χ1n) is 11.9. The van der Waals surface area contributed by atoms with Crippen molar-refractivity contribution in [3.05, 3.63) is 53.6 Å². The summed E-state index contributed by atoms with van der Waals surface area (Å²) in [7, 11) is 1.63. The number of amides is 1. The molecule has 2 aromatic carbocycles. The van der Waals surface area contributed by atoms with Crippen LogP contribution in [0.5, 0.6) is 11.5 Å². The van der Waals surface area contributed by atoms with Gasteiger partial charge in [0, 0.05) is 5.69 Å². The van der Waals surface area contributed by atoms with Crippen LogP contribution < -0.4 is 14.8 Å². The lowest BCUT2D eigenvalue weighted by molar-refractivity contribution is -0.122. The maximum Gasteiger partial charge on any atom is 0.341 e. The largest absolute Gasteiger partial charge is 0.497 e. The van der Waals surface area contributed by atoms with Crippen LogP contribution in [-0.4, -0.2) is 31.7 Å². The maximum atomic E-state index is 13.7. The van der Waals surface area contributed by atoms with Crippen LogP contribution in [0.1, 0.15) is 75.2 Å². The van der Waals surface area contributed by atoms with Gasteiger partial charge in [0.2, 0.25) is 5.91 Å². The van der Waals surface area contributed by atoms with Crippen LogP contribution in [-0.2, 0) is 14.9 Å². The van der Waals surface area contributed by atoms with Crippen LogP contribution in [0, 0.1) is 0 Å². The molecule has 1 saturated carbocycles. The Morgan fingerprint density at radius 3 is 2.33 bits per heavy atom. The molecule has 0 bridgehead atoms. The summed E-state index contributed by atoms with van der Waals surface area (Å²) in [4.78, 5) is 26.3. The van der Waals surface area contributed by atoms with Crippen molar-refractivity contribution < 1.29 is 23.8 Å². The van der Waals surface area contributed by atoms with Gasteiger partial charge in [0.25, 0.3) is 0 Å². The number of methoxy groups -OCH3 is 1. The molecular formula is C27H35NO5. The monoisotopic (exact) mass is 453 g/mol. The molecule has 0 aromatic heterocycles. The van der Waals surface area contributed by atoms with Gasteiger partial charge in [-0.2, -0.15) is 0 Å². The highest BCUT2D eigenvalue weighted by atomic mass is 16.5. The summed E-state index contributed by atoms with van der Waals surface area (Å²) in [5.41, 5.74) is 1.25. The first-order valence-corrected chi connectivity index (χ1v) is 11.9. The Balaban J connectivity index is 1.91. The summed E-state index contributed by atoms with van der Waals surface area (Å²) in [5.74, 6) is 0.705. The highest BCUT2D eigenvalue weighted by Gasteiger charge is 2.41. The average molecular weight is 454 g/mol. The van der Waals surface area contributed by atoms with Crippen molar-refractivity contribution in [2.24, 2.45) is 0 Å².